The number of halogens is 2. The van der Waals surface area contributed by atoms with E-state index in [1.54, 1.807) is 11.8 Å². The minimum Gasteiger partial charge on any atom is -0.379 e. The zero-order valence-corrected chi connectivity index (χ0v) is 10.9. The molecule has 18 heavy (non-hydrogen) atoms. The number of hydrogen-bond acceptors (Lipinski definition) is 4. The second-order valence-corrected chi connectivity index (χ2v) is 5.08. The Labute approximate surface area is 108 Å². The lowest BCUT2D eigenvalue weighted by molar-refractivity contribution is -0.386. The van der Waals surface area contributed by atoms with E-state index in [-0.39, 0.29) is 5.69 Å². The van der Waals surface area contributed by atoms with Crippen LogP contribution in [-0.2, 0) is 0 Å². The monoisotopic (exact) mass is 276 g/mol. The van der Waals surface area contributed by atoms with Crippen molar-refractivity contribution in [1.82, 2.24) is 0 Å². The Morgan fingerprint density at radius 1 is 1.50 bits per heavy atom. The van der Waals surface area contributed by atoms with Gasteiger partial charge in [0, 0.05) is 23.9 Å². The molecule has 0 bridgehead atoms. The normalized spacial score (nSPS) is 12.2. The molecule has 1 aromatic rings. The number of rotatable bonds is 6. The lowest BCUT2D eigenvalue weighted by atomic mass is 10.2. The van der Waals surface area contributed by atoms with Gasteiger partial charge in [0.2, 0.25) is 5.82 Å². The molecule has 0 aliphatic rings. The summed E-state index contributed by atoms with van der Waals surface area (Å²) in [5.41, 5.74) is -0.834. The fourth-order valence-corrected chi connectivity index (χ4v) is 1.77. The van der Waals surface area contributed by atoms with Crippen molar-refractivity contribution in [2.75, 3.05) is 18.1 Å². The lowest BCUT2D eigenvalue weighted by Crippen LogP contribution is -2.10. The first-order valence-electron chi connectivity index (χ1n) is 5.35. The van der Waals surface area contributed by atoms with Crippen molar-refractivity contribution in [3.05, 3.63) is 33.9 Å². The number of benzene rings is 1. The van der Waals surface area contributed by atoms with Crippen molar-refractivity contribution >= 4 is 23.1 Å². The van der Waals surface area contributed by atoms with E-state index in [4.69, 9.17) is 0 Å². The molecule has 1 N–H and O–H groups in total. The zero-order chi connectivity index (χ0) is 13.7. The molecule has 100 valence electrons. The minimum absolute atomic E-state index is 0.120. The van der Waals surface area contributed by atoms with Crippen LogP contribution in [0.15, 0.2) is 12.1 Å². The highest BCUT2D eigenvalue weighted by atomic mass is 32.2. The highest BCUT2D eigenvalue weighted by Crippen LogP contribution is 2.28. The number of hydrogen-bond donors (Lipinski definition) is 1. The first kappa shape index (κ1) is 14.7. The van der Waals surface area contributed by atoms with Crippen LogP contribution in [0.5, 0.6) is 0 Å². The molecule has 0 amide bonds. The number of nitro benzene ring substituents is 1. The molecular weight excluding hydrogens is 262 g/mol. The molecule has 0 saturated carbocycles. The van der Waals surface area contributed by atoms with E-state index in [0.29, 0.717) is 17.9 Å². The second-order valence-electron chi connectivity index (χ2n) is 3.80. The van der Waals surface area contributed by atoms with E-state index in [2.05, 4.69) is 5.32 Å². The van der Waals surface area contributed by atoms with Gasteiger partial charge in [-0.25, -0.2) is 4.39 Å². The summed E-state index contributed by atoms with van der Waals surface area (Å²) >= 11 is 1.65. The lowest BCUT2D eigenvalue weighted by Gasteiger charge is -2.10. The van der Waals surface area contributed by atoms with Crippen LogP contribution < -0.4 is 5.32 Å². The molecule has 0 fully saturated rings. The quantitative estimate of drug-likeness (QED) is 0.639. The second kappa shape index (κ2) is 6.53. The summed E-state index contributed by atoms with van der Waals surface area (Å²) in [6.45, 7) is 2.43. The summed E-state index contributed by atoms with van der Waals surface area (Å²) in [6.07, 6.45) is 2.70. The first-order chi connectivity index (χ1) is 8.45. The summed E-state index contributed by atoms with van der Waals surface area (Å²) in [7, 11) is 0. The van der Waals surface area contributed by atoms with Crippen molar-refractivity contribution in [3.63, 3.8) is 0 Å². The van der Waals surface area contributed by atoms with E-state index in [0.717, 1.165) is 12.5 Å². The molecule has 0 saturated heterocycles. The summed E-state index contributed by atoms with van der Waals surface area (Å²) in [5.74, 6) is -2.00. The van der Waals surface area contributed by atoms with Gasteiger partial charge in [-0.1, -0.05) is 6.92 Å². The average molecular weight is 276 g/mol. The fourth-order valence-electron chi connectivity index (χ4n) is 1.41. The van der Waals surface area contributed by atoms with Crippen molar-refractivity contribution in [1.29, 1.82) is 0 Å². The number of nitrogens with zero attached hydrogens (tertiary/aromatic N) is 1. The van der Waals surface area contributed by atoms with Crippen LogP contribution in [0.4, 0.5) is 20.2 Å². The Morgan fingerprint density at radius 2 is 2.17 bits per heavy atom. The third kappa shape index (κ3) is 3.83. The maximum absolute atomic E-state index is 13.3. The van der Waals surface area contributed by atoms with Crippen LogP contribution in [0, 0.1) is 21.7 Å². The van der Waals surface area contributed by atoms with Crippen LogP contribution in [-0.4, -0.2) is 23.0 Å². The molecule has 1 aromatic carbocycles. The standard InChI is InChI=1S/C11H14F2N2O2S/c1-7(18-2)3-4-14-10-6-8(12)5-9(13)11(10)15(16)17/h5-7,14H,3-4H2,1-2H3. The first-order valence-corrected chi connectivity index (χ1v) is 6.64. The number of anilines is 1. The largest absolute Gasteiger partial charge is 0.379 e. The molecule has 0 aliphatic heterocycles. The van der Waals surface area contributed by atoms with Crippen LogP contribution in [0.1, 0.15) is 13.3 Å². The zero-order valence-electron chi connectivity index (χ0n) is 10.1. The van der Waals surface area contributed by atoms with Crippen LogP contribution >= 0.6 is 11.8 Å². The van der Waals surface area contributed by atoms with E-state index in [1.807, 2.05) is 13.2 Å². The fraction of sp³-hybridized carbons (Fsp3) is 0.455. The van der Waals surface area contributed by atoms with Gasteiger partial charge in [-0.2, -0.15) is 16.2 Å². The van der Waals surface area contributed by atoms with Crippen molar-refractivity contribution in [3.8, 4) is 0 Å². The van der Waals surface area contributed by atoms with Gasteiger partial charge >= 0.3 is 5.69 Å². The van der Waals surface area contributed by atoms with Crippen LogP contribution in [0.25, 0.3) is 0 Å². The van der Waals surface area contributed by atoms with Gasteiger partial charge < -0.3 is 5.32 Å². The Bertz CT molecular complexity index is 443. The molecule has 1 unspecified atom stereocenters. The summed E-state index contributed by atoms with van der Waals surface area (Å²) in [4.78, 5) is 9.85. The molecular formula is C11H14F2N2O2S. The highest BCUT2D eigenvalue weighted by molar-refractivity contribution is 7.99. The maximum Gasteiger partial charge on any atom is 0.327 e. The Kier molecular flexibility index (Phi) is 5.33. The highest BCUT2D eigenvalue weighted by Gasteiger charge is 2.21. The van der Waals surface area contributed by atoms with Crippen LogP contribution in [0.3, 0.4) is 0 Å². The molecule has 1 rings (SSSR count). The molecule has 0 aliphatic carbocycles. The average Bonchev–Trinajstić information content (AvgIpc) is 2.27. The van der Waals surface area contributed by atoms with E-state index in [1.165, 1.54) is 0 Å². The molecule has 1 atom stereocenters. The van der Waals surface area contributed by atoms with Gasteiger partial charge in [0.1, 0.15) is 11.5 Å². The molecule has 0 radical (unpaired) electrons. The summed E-state index contributed by atoms with van der Waals surface area (Å²) in [6, 6.07) is 1.44. The van der Waals surface area contributed by atoms with Gasteiger partial charge in [0.15, 0.2) is 0 Å². The van der Waals surface area contributed by atoms with Crippen molar-refractivity contribution in [2.24, 2.45) is 0 Å². The smallest absolute Gasteiger partial charge is 0.327 e. The minimum atomic E-state index is -1.17. The van der Waals surface area contributed by atoms with E-state index in [9.17, 15) is 18.9 Å². The van der Waals surface area contributed by atoms with Crippen molar-refractivity contribution in [2.45, 2.75) is 18.6 Å². The molecule has 0 spiro atoms. The molecule has 0 aromatic heterocycles. The summed E-state index contributed by atoms with van der Waals surface area (Å²) in [5, 5.41) is 13.8. The molecule has 4 nitrogen and oxygen atoms in total. The Hall–Kier alpha value is -1.37. The number of nitro groups is 1. The summed E-state index contributed by atoms with van der Waals surface area (Å²) < 4.78 is 26.3. The predicted octanol–water partition coefficient (Wildman–Crippen LogP) is 3.43. The molecule has 0 heterocycles. The Morgan fingerprint density at radius 3 is 2.72 bits per heavy atom. The van der Waals surface area contributed by atoms with Crippen molar-refractivity contribution < 1.29 is 13.7 Å². The van der Waals surface area contributed by atoms with Gasteiger partial charge in [-0.15, -0.1) is 0 Å². The SMILES string of the molecule is CSC(C)CCNc1cc(F)cc(F)c1[N+](=O)[O-]. The number of nitrogens with one attached hydrogen (secondary N) is 1. The van der Waals surface area contributed by atoms with Gasteiger partial charge in [0.05, 0.1) is 4.92 Å². The topological polar surface area (TPSA) is 55.2 Å². The van der Waals surface area contributed by atoms with E-state index >= 15 is 0 Å². The molecule has 7 heteroatoms. The Balaban J connectivity index is 2.83. The number of thioether (sulfide) groups is 1. The maximum atomic E-state index is 13.3. The third-order valence-corrected chi connectivity index (χ3v) is 3.52. The van der Waals surface area contributed by atoms with Gasteiger partial charge in [-0.05, 0) is 12.7 Å². The van der Waals surface area contributed by atoms with Gasteiger partial charge in [0.25, 0.3) is 0 Å². The van der Waals surface area contributed by atoms with Crippen LogP contribution in [0.2, 0.25) is 0 Å². The third-order valence-electron chi connectivity index (χ3n) is 2.48. The predicted molar refractivity (Wildman–Crippen MR) is 69.1 cm³/mol. The van der Waals surface area contributed by atoms with Gasteiger partial charge in [-0.3, -0.25) is 10.1 Å². The van der Waals surface area contributed by atoms with E-state index < -0.39 is 22.2 Å².